The quantitative estimate of drug-likeness (QED) is 0.651. The highest BCUT2D eigenvalue weighted by molar-refractivity contribution is 7.89. The van der Waals surface area contributed by atoms with Gasteiger partial charge in [-0.2, -0.15) is 9.40 Å². The zero-order valence-electron chi connectivity index (χ0n) is 17.4. The summed E-state index contributed by atoms with van der Waals surface area (Å²) < 4.78 is 52.0. The Bertz CT molecular complexity index is 1010. The van der Waals surface area contributed by atoms with Crippen molar-refractivity contribution in [2.75, 3.05) is 68.9 Å². The number of rotatable bonds is 6. The summed E-state index contributed by atoms with van der Waals surface area (Å²) in [4.78, 5) is 4.14. The minimum absolute atomic E-state index is 0.0463. The molecule has 0 bridgehead atoms. The fourth-order valence-electron chi connectivity index (χ4n) is 3.72. The first-order valence-electron chi connectivity index (χ1n) is 10.3. The number of nitrogens with zero attached hydrogens (tertiary/aromatic N) is 5. The third-order valence-corrected chi connectivity index (χ3v) is 7.30. The summed E-state index contributed by atoms with van der Waals surface area (Å²) in [5, 5.41) is 8.35. The lowest BCUT2D eigenvalue weighted by Crippen LogP contribution is -2.49. The maximum atomic E-state index is 14.2. The van der Waals surface area contributed by atoms with Crippen molar-refractivity contribution in [3.8, 4) is 5.75 Å². The van der Waals surface area contributed by atoms with Crippen LogP contribution in [0.1, 0.15) is 6.92 Å². The molecule has 9 nitrogen and oxygen atoms in total. The molecule has 0 spiro atoms. The van der Waals surface area contributed by atoms with E-state index in [1.807, 2.05) is 11.0 Å². The van der Waals surface area contributed by atoms with E-state index >= 15 is 0 Å². The second-order valence-electron chi connectivity index (χ2n) is 7.29. The van der Waals surface area contributed by atoms with Gasteiger partial charge in [0.05, 0.1) is 36.6 Å². The molecule has 0 atom stereocenters. The third kappa shape index (κ3) is 4.73. The Balaban J connectivity index is 1.43. The number of benzene rings is 1. The number of halogens is 1. The highest BCUT2D eigenvalue weighted by Gasteiger charge is 2.30. The van der Waals surface area contributed by atoms with Crippen molar-refractivity contribution in [3.63, 3.8) is 0 Å². The standard InChI is InChI=1S/C20H26FN5O4S/c1-2-30-19-4-3-17(14-18(19)21)31(27,28)26-7-5-25(6-8-26)20-13-16(15-22-23-20)24-9-11-29-12-10-24/h3-4,13-15H,2,5-12H2,1H3. The molecule has 2 saturated heterocycles. The first-order chi connectivity index (χ1) is 15.0. The van der Waals surface area contributed by atoms with Gasteiger partial charge in [0.15, 0.2) is 17.4 Å². The molecule has 11 heteroatoms. The van der Waals surface area contributed by atoms with Gasteiger partial charge in [0.25, 0.3) is 0 Å². The van der Waals surface area contributed by atoms with E-state index < -0.39 is 15.8 Å². The van der Waals surface area contributed by atoms with Crippen molar-refractivity contribution >= 4 is 21.5 Å². The summed E-state index contributed by atoms with van der Waals surface area (Å²) in [5.41, 5.74) is 0.980. The van der Waals surface area contributed by atoms with Crippen LogP contribution in [0.2, 0.25) is 0 Å². The number of morpholine rings is 1. The summed E-state index contributed by atoms with van der Waals surface area (Å²) in [6.45, 7) is 6.51. The van der Waals surface area contributed by atoms with Gasteiger partial charge in [-0.15, -0.1) is 5.10 Å². The Morgan fingerprint density at radius 1 is 1.06 bits per heavy atom. The SMILES string of the molecule is CCOc1ccc(S(=O)(=O)N2CCN(c3cc(N4CCOCC4)cnn3)CC2)cc1F. The van der Waals surface area contributed by atoms with Crippen LogP contribution in [0.15, 0.2) is 35.4 Å². The van der Waals surface area contributed by atoms with Gasteiger partial charge in [0.1, 0.15) is 0 Å². The monoisotopic (exact) mass is 451 g/mol. The van der Waals surface area contributed by atoms with Crippen molar-refractivity contribution in [3.05, 3.63) is 36.3 Å². The summed E-state index contributed by atoms with van der Waals surface area (Å²) in [6, 6.07) is 5.73. The average Bonchev–Trinajstić information content (AvgIpc) is 2.81. The van der Waals surface area contributed by atoms with E-state index in [-0.39, 0.29) is 23.7 Å². The van der Waals surface area contributed by atoms with Crippen LogP contribution in [0.25, 0.3) is 0 Å². The van der Waals surface area contributed by atoms with E-state index in [0.29, 0.717) is 38.7 Å². The van der Waals surface area contributed by atoms with Gasteiger partial charge in [0.2, 0.25) is 10.0 Å². The van der Waals surface area contributed by atoms with Gasteiger partial charge < -0.3 is 19.3 Å². The van der Waals surface area contributed by atoms with Crippen molar-refractivity contribution in [1.29, 1.82) is 0 Å². The molecule has 2 fully saturated rings. The molecule has 0 radical (unpaired) electrons. The zero-order chi connectivity index (χ0) is 21.8. The van der Waals surface area contributed by atoms with Crippen LogP contribution in [0.5, 0.6) is 5.75 Å². The van der Waals surface area contributed by atoms with E-state index in [1.165, 1.54) is 16.4 Å². The Morgan fingerprint density at radius 2 is 1.81 bits per heavy atom. The van der Waals surface area contributed by atoms with Gasteiger partial charge in [-0.05, 0) is 25.1 Å². The van der Waals surface area contributed by atoms with Crippen LogP contribution in [0, 0.1) is 5.82 Å². The molecule has 0 amide bonds. The van der Waals surface area contributed by atoms with Crippen molar-refractivity contribution in [2.45, 2.75) is 11.8 Å². The van der Waals surface area contributed by atoms with Crippen molar-refractivity contribution in [1.82, 2.24) is 14.5 Å². The van der Waals surface area contributed by atoms with Crippen molar-refractivity contribution < 1.29 is 22.3 Å². The molecule has 0 aliphatic carbocycles. The average molecular weight is 452 g/mol. The van der Waals surface area contributed by atoms with E-state index in [1.54, 1.807) is 13.1 Å². The number of sulfonamides is 1. The minimum Gasteiger partial charge on any atom is -0.491 e. The fraction of sp³-hybridized carbons (Fsp3) is 0.500. The maximum Gasteiger partial charge on any atom is 0.243 e. The second-order valence-corrected chi connectivity index (χ2v) is 9.23. The lowest BCUT2D eigenvalue weighted by Gasteiger charge is -2.35. The van der Waals surface area contributed by atoms with Crippen LogP contribution in [-0.4, -0.2) is 82.0 Å². The number of aromatic nitrogens is 2. The lowest BCUT2D eigenvalue weighted by atomic mass is 10.3. The van der Waals surface area contributed by atoms with Crippen LogP contribution in [-0.2, 0) is 14.8 Å². The molecule has 0 N–H and O–H groups in total. The highest BCUT2D eigenvalue weighted by atomic mass is 32.2. The lowest BCUT2D eigenvalue weighted by molar-refractivity contribution is 0.122. The molecule has 31 heavy (non-hydrogen) atoms. The molecule has 1 aromatic heterocycles. The van der Waals surface area contributed by atoms with E-state index in [9.17, 15) is 12.8 Å². The predicted octanol–water partition coefficient (Wildman–Crippen LogP) is 1.36. The van der Waals surface area contributed by atoms with Gasteiger partial charge in [0, 0.05) is 45.3 Å². The number of anilines is 2. The largest absolute Gasteiger partial charge is 0.491 e. The highest BCUT2D eigenvalue weighted by Crippen LogP contribution is 2.26. The van der Waals surface area contributed by atoms with E-state index in [0.717, 1.165) is 24.8 Å². The first kappa shape index (κ1) is 21.7. The molecule has 2 aliphatic heterocycles. The van der Waals surface area contributed by atoms with Crippen LogP contribution in [0.3, 0.4) is 0 Å². The Morgan fingerprint density at radius 3 is 2.48 bits per heavy atom. The normalized spacial score (nSPS) is 18.3. The number of hydrogen-bond acceptors (Lipinski definition) is 8. The first-order valence-corrected chi connectivity index (χ1v) is 11.8. The van der Waals surface area contributed by atoms with E-state index in [4.69, 9.17) is 9.47 Å². The Labute approximate surface area is 181 Å². The fourth-order valence-corrected chi connectivity index (χ4v) is 5.15. The maximum absolute atomic E-state index is 14.2. The van der Waals surface area contributed by atoms with Gasteiger partial charge in [-0.25, -0.2) is 12.8 Å². The molecule has 3 heterocycles. The van der Waals surface area contributed by atoms with Crippen LogP contribution in [0.4, 0.5) is 15.9 Å². The van der Waals surface area contributed by atoms with Crippen molar-refractivity contribution in [2.24, 2.45) is 0 Å². The smallest absolute Gasteiger partial charge is 0.243 e. The van der Waals surface area contributed by atoms with Crippen LogP contribution >= 0.6 is 0 Å². The molecule has 2 aromatic rings. The minimum atomic E-state index is -3.79. The van der Waals surface area contributed by atoms with Gasteiger partial charge in [-0.3, -0.25) is 0 Å². The molecule has 2 aliphatic rings. The summed E-state index contributed by atoms with van der Waals surface area (Å²) in [7, 11) is -3.79. The number of hydrogen-bond donors (Lipinski definition) is 0. The Hall–Kier alpha value is -2.50. The van der Waals surface area contributed by atoms with Gasteiger partial charge in [-0.1, -0.05) is 0 Å². The number of ether oxygens (including phenoxy) is 2. The topological polar surface area (TPSA) is 88.1 Å². The molecule has 4 rings (SSSR count). The molecular weight excluding hydrogens is 425 g/mol. The Kier molecular flexibility index (Phi) is 6.54. The molecule has 0 saturated carbocycles. The van der Waals surface area contributed by atoms with Crippen LogP contribution < -0.4 is 14.5 Å². The molecule has 0 unspecified atom stereocenters. The summed E-state index contributed by atoms with van der Waals surface area (Å²) in [6.07, 6.45) is 1.73. The third-order valence-electron chi connectivity index (χ3n) is 5.41. The number of piperazine rings is 1. The molecular formula is C20H26FN5O4S. The molecule has 168 valence electrons. The van der Waals surface area contributed by atoms with Gasteiger partial charge >= 0.3 is 0 Å². The second kappa shape index (κ2) is 9.33. The summed E-state index contributed by atoms with van der Waals surface area (Å²) >= 11 is 0. The zero-order valence-corrected chi connectivity index (χ0v) is 18.2. The van der Waals surface area contributed by atoms with E-state index in [2.05, 4.69) is 15.1 Å². The predicted molar refractivity (Wildman–Crippen MR) is 114 cm³/mol. The molecule has 1 aromatic carbocycles. The summed E-state index contributed by atoms with van der Waals surface area (Å²) in [5.74, 6) is 0.0786.